The third kappa shape index (κ3) is 3.60. The smallest absolute Gasteiger partial charge is 0.307 e. The highest BCUT2D eigenvalue weighted by molar-refractivity contribution is 7.90. The van der Waals surface area contributed by atoms with Crippen LogP contribution in [0.25, 0.3) is 0 Å². The number of carbonyl (C=O) groups is 2. The number of hydrogen-bond acceptors (Lipinski definition) is 4. The van der Waals surface area contributed by atoms with Crippen LogP contribution in [0.4, 0.5) is 0 Å². The van der Waals surface area contributed by atoms with Crippen LogP contribution < -0.4 is 5.32 Å². The monoisotopic (exact) mass is 311 g/mol. The molecule has 0 aromatic heterocycles. The highest BCUT2D eigenvalue weighted by Crippen LogP contribution is 2.39. The molecule has 1 aliphatic rings. The summed E-state index contributed by atoms with van der Waals surface area (Å²) in [6.45, 7) is 1.77. The van der Waals surface area contributed by atoms with Crippen molar-refractivity contribution in [3.05, 3.63) is 29.8 Å². The lowest BCUT2D eigenvalue weighted by Crippen LogP contribution is -2.29. The first-order chi connectivity index (χ1) is 9.70. The number of benzene rings is 1. The Hall–Kier alpha value is -1.89. The minimum Gasteiger partial charge on any atom is -0.481 e. The lowest BCUT2D eigenvalue weighted by Gasteiger charge is -2.14. The fraction of sp³-hybridized carbons (Fsp3) is 0.429. The summed E-state index contributed by atoms with van der Waals surface area (Å²) in [5.74, 6) is -2.26. The molecule has 1 aromatic rings. The molecule has 1 fully saturated rings. The van der Waals surface area contributed by atoms with Gasteiger partial charge in [0.05, 0.1) is 22.8 Å². The topological polar surface area (TPSA) is 101 Å². The average molecular weight is 311 g/mol. The van der Waals surface area contributed by atoms with Gasteiger partial charge in [-0.2, -0.15) is 0 Å². The SMILES string of the molecule is CC(NC(=O)[C@@H]1C[C@@H]1C(=O)O)c1ccc(S(C)(=O)=O)cc1. The molecule has 0 aliphatic heterocycles. The molecule has 1 amide bonds. The number of nitrogens with one attached hydrogen (secondary N) is 1. The van der Waals surface area contributed by atoms with Crippen LogP contribution in [-0.4, -0.2) is 31.7 Å². The summed E-state index contributed by atoms with van der Waals surface area (Å²) in [5.41, 5.74) is 0.767. The normalized spacial score (nSPS) is 22.4. The van der Waals surface area contributed by atoms with E-state index in [0.717, 1.165) is 11.8 Å². The molecule has 0 radical (unpaired) electrons. The average Bonchev–Trinajstić information content (AvgIpc) is 3.18. The van der Waals surface area contributed by atoms with Gasteiger partial charge in [-0.15, -0.1) is 0 Å². The van der Waals surface area contributed by atoms with Gasteiger partial charge in [0.1, 0.15) is 0 Å². The van der Waals surface area contributed by atoms with Crippen molar-refractivity contribution in [2.45, 2.75) is 24.3 Å². The van der Waals surface area contributed by atoms with E-state index in [9.17, 15) is 18.0 Å². The number of carboxylic acid groups (broad SMARTS) is 1. The second kappa shape index (κ2) is 5.48. The van der Waals surface area contributed by atoms with Crippen LogP contribution in [0.2, 0.25) is 0 Å². The Kier molecular flexibility index (Phi) is 4.04. The van der Waals surface area contributed by atoms with E-state index in [-0.39, 0.29) is 16.8 Å². The molecule has 1 aliphatic carbocycles. The van der Waals surface area contributed by atoms with E-state index in [1.807, 2.05) is 0 Å². The summed E-state index contributed by atoms with van der Waals surface area (Å²) in [4.78, 5) is 22.8. The van der Waals surface area contributed by atoms with Crippen LogP contribution >= 0.6 is 0 Å². The van der Waals surface area contributed by atoms with E-state index >= 15 is 0 Å². The maximum absolute atomic E-state index is 11.9. The van der Waals surface area contributed by atoms with E-state index in [0.29, 0.717) is 6.42 Å². The summed E-state index contributed by atoms with van der Waals surface area (Å²) >= 11 is 0. The first-order valence-electron chi connectivity index (χ1n) is 6.53. The molecule has 21 heavy (non-hydrogen) atoms. The van der Waals surface area contributed by atoms with Gasteiger partial charge in [-0.25, -0.2) is 8.42 Å². The van der Waals surface area contributed by atoms with Gasteiger partial charge >= 0.3 is 5.97 Å². The second-order valence-corrected chi connectivity index (χ2v) is 7.37. The molecule has 0 spiro atoms. The second-order valence-electron chi connectivity index (χ2n) is 5.36. The lowest BCUT2D eigenvalue weighted by molar-refractivity contribution is -0.140. The molecular formula is C14H17NO5S. The summed E-state index contributed by atoms with van der Waals surface area (Å²) in [6, 6.07) is 5.96. The Morgan fingerprint density at radius 2 is 1.81 bits per heavy atom. The Morgan fingerprint density at radius 3 is 2.24 bits per heavy atom. The molecule has 1 aromatic carbocycles. The van der Waals surface area contributed by atoms with Crippen molar-refractivity contribution in [3.8, 4) is 0 Å². The van der Waals surface area contributed by atoms with E-state index in [2.05, 4.69) is 5.32 Å². The van der Waals surface area contributed by atoms with E-state index in [1.54, 1.807) is 19.1 Å². The molecule has 2 N–H and O–H groups in total. The number of carbonyl (C=O) groups excluding carboxylic acids is 1. The molecule has 1 unspecified atom stereocenters. The molecule has 114 valence electrons. The Morgan fingerprint density at radius 1 is 1.24 bits per heavy atom. The molecular weight excluding hydrogens is 294 g/mol. The third-order valence-electron chi connectivity index (χ3n) is 3.61. The van der Waals surface area contributed by atoms with Crippen molar-refractivity contribution in [2.75, 3.05) is 6.26 Å². The van der Waals surface area contributed by atoms with E-state index < -0.39 is 27.6 Å². The van der Waals surface area contributed by atoms with Crippen LogP contribution in [0.3, 0.4) is 0 Å². The zero-order valence-corrected chi connectivity index (χ0v) is 12.6. The molecule has 0 heterocycles. The Labute approximate surface area is 123 Å². The van der Waals surface area contributed by atoms with Crippen molar-refractivity contribution in [1.29, 1.82) is 0 Å². The van der Waals surface area contributed by atoms with Gasteiger partial charge in [0.15, 0.2) is 9.84 Å². The summed E-state index contributed by atoms with van der Waals surface area (Å²) < 4.78 is 22.7. The zero-order valence-electron chi connectivity index (χ0n) is 11.7. The Balaban J connectivity index is 1.99. The largest absolute Gasteiger partial charge is 0.481 e. The van der Waals surface area contributed by atoms with Gasteiger partial charge in [0, 0.05) is 6.26 Å². The van der Waals surface area contributed by atoms with Crippen molar-refractivity contribution < 1.29 is 23.1 Å². The molecule has 1 saturated carbocycles. The summed E-state index contributed by atoms with van der Waals surface area (Å²) in [7, 11) is -3.24. The number of sulfone groups is 1. The highest BCUT2D eigenvalue weighted by Gasteiger charge is 2.48. The number of aliphatic carboxylic acids is 1. The van der Waals surface area contributed by atoms with E-state index in [4.69, 9.17) is 5.11 Å². The standard InChI is InChI=1S/C14H17NO5S/c1-8(15-13(16)11-7-12(11)14(17)18)9-3-5-10(6-4-9)21(2,19)20/h3-6,8,11-12H,7H2,1-2H3,(H,15,16)(H,17,18)/t8?,11-,12+/m1/s1. The van der Waals surface area contributed by atoms with Crippen molar-refractivity contribution in [2.24, 2.45) is 11.8 Å². The van der Waals surface area contributed by atoms with Crippen molar-refractivity contribution >= 4 is 21.7 Å². The molecule has 0 bridgehead atoms. The van der Waals surface area contributed by atoms with Crippen LogP contribution in [-0.2, 0) is 19.4 Å². The third-order valence-corrected chi connectivity index (χ3v) is 4.74. The van der Waals surface area contributed by atoms with Crippen LogP contribution in [0, 0.1) is 11.8 Å². The number of hydrogen-bond donors (Lipinski definition) is 2. The van der Waals surface area contributed by atoms with Crippen LogP contribution in [0.5, 0.6) is 0 Å². The molecule has 2 rings (SSSR count). The van der Waals surface area contributed by atoms with Gasteiger partial charge in [-0.3, -0.25) is 9.59 Å². The van der Waals surface area contributed by atoms with Gasteiger partial charge in [-0.1, -0.05) is 12.1 Å². The van der Waals surface area contributed by atoms with Gasteiger partial charge in [-0.05, 0) is 31.0 Å². The van der Waals surface area contributed by atoms with Crippen LogP contribution in [0.1, 0.15) is 24.9 Å². The van der Waals surface area contributed by atoms with Gasteiger partial charge in [0.25, 0.3) is 0 Å². The minimum atomic E-state index is -3.24. The van der Waals surface area contributed by atoms with Crippen molar-refractivity contribution in [3.63, 3.8) is 0 Å². The molecule has 6 nitrogen and oxygen atoms in total. The predicted octanol–water partition coefficient (Wildman–Crippen LogP) is 0.988. The fourth-order valence-electron chi connectivity index (χ4n) is 2.17. The molecule has 7 heteroatoms. The number of carboxylic acids is 1. The van der Waals surface area contributed by atoms with Crippen molar-refractivity contribution in [1.82, 2.24) is 5.32 Å². The lowest BCUT2D eigenvalue weighted by atomic mass is 10.1. The molecule has 3 atom stereocenters. The van der Waals surface area contributed by atoms with Gasteiger partial charge in [0.2, 0.25) is 5.91 Å². The number of rotatable bonds is 5. The maximum atomic E-state index is 11.9. The minimum absolute atomic E-state index is 0.220. The highest BCUT2D eigenvalue weighted by atomic mass is 32.2. The summed E-state index contributed by atoms with van der Waals surface area (Å²) in [6.07, 6.45) is 1.51. The predicted molar refractivity (Wildman–Crippen MR) is 75.3 cm³/mol. The number of amides is 1. The van der Waals surface area contributed by atoms with E-state index in [1.165, 1.54) is 12.1 Å². The van der Waals surface area contributed by atoms with Crippen LogP contribution in [0.15, 0.2) is 29.2 Å². The van der Waals surface area contributed by atoms with Gasteiger partial charge < -0.3 is 10.4 Å². The quantitative estimate of drug-likeness (QED) is 0.844. The fourth-order valence-corrected chi connectivity index (χ4v) is 2.80. The first-order valence-corrected chi connectivity index (χ1v) is 8.42. The zero-order chi connectivity index (χ0) is 15.8. The Bertz CT molecular complexity index is 665. The molecule has 0 saturated heterocycles. The first kappa shape index (κ1) is 15.5. The maximum Gasteiger partial charge on any atom is 0.307 e. The summed E-state index contributed by atoms with van der Waals surface area (Å²) in [5, 5.41) is 11.5.